The second-order valence-electron chi connectivity index (χ2n) is 6.14. The van der Waals surface area contributed by atoms with E-state index in [2.05, 4.69) is 50.6 Å². The first kappa shape index (κ1) is 13.5. The Morgan fingerprint density at radius 2 is 2.00 bits per heavy atom. The highest BCUT2D eigenvalue weighted by Gasteiger charge is 2.33. The van der Waals surface area contributed by atoms with Gasteiger partial charge in [0.25, 0.3) is 0 Å². The number of hydrogen-bond acceptors (Lipinski definition) is 3. The van der Waals surface area contributed by atoms with Gasteiger partial charge < -0.3 is 4.90 Å². The van der Waals surface area contributed by atoms with Crippen LogP contribution in [-0.4, -0.2) is 48.6 Å². The Kier molecular flexibility index (Phi) is 4.35. The Hall–Kier alpha value is -0.590. The van der Waals surface area contributed by atoms with Crippen LogP contribution in [0.15, 0.2) is 0 Å². The van der Waals surface area contributed by atoms with Crippen LogP contribution in [-0.2, 0) is 0 Å². The second kappa shape index (κ2) is 5.16. The zero-order chi connectivity index (χ0) is 12.3. The third kappa shape index (κ3) is 3.47. The van der Waals surface area contributed by atoms with Crippen molar-refractivity contribution in [2.45, 2.75) is 46.2 Å². The van der Waals surface area contributed by atoms with Crippen LogP contribution in [0.5, 0.6) is 0 Å². The third-order valence-corrected chi connectivity index (χ3v) is 3.29. The standard InChI is InChI=1S/C13H25N3/c1-11(2)16-10-13(3,4)9-15(5)8-12(16)6-7-14/h11-12H,6,8-10H2,1-5H3. The van der Waals surface area contributed by atoms with E-state index in [9.17, 15) is 0 Å². The van der Waals surface area contributed by atoms with E-state index in [0.717, 1.165) is 19.6 Å². The summed E-state index contributed by atoms with van der Waals surface area (Å²) in [7, 11) is 2.16. The van der Waals surface area contributed by atoms with E-state index in [-0.39, 0.29) is 0 Å². The fraction of sp³-hybridized carbons (Fsp3) is 0.923. The van der Waals surface area contributed by atoms with E-state index in [1.54, 1.807) is 0 Å². The van der Waals surface area contributed by atoms with Gasteiger partial charge >= 0.3 is 0 Å². The summed E-state index contributed by atoms with van der Waals surface area (Å²) in [5.41, 5.74) is 0.309. The molecule has 0 aromatic rings. The number of likely N-dealkylation sites (N-methyl/N-ethyl adjacent to an activating group) is 1. The van der Waals surface area contributed by atoms with Crippen molar-refractivity contribution in [1.82, 2.24) is 9.80 Å². The molecule has 0 bridgehead atoms. The van der Waals surface area contributed by atoms with Gasteiger partial charge in [-0.2, -0.15) is 5.26 Å². The van der Waals surface area contributed by atoms with E-state index in [1.807, 2.05) is 0 Å². The first-order valence-electron chi connectivity index (χ1n) is 6.17. The molecule has 1 fully saturated rings. The highest BCUT2D eigenvalue weighted by atomic mass is 15.3. The molecule has 1 heterocycles. The van der Waals surface area contributed by atoms with Gasteiger partial charge in [0, 0.05) is 31.7 Å². The molecule has 16 heavy (non-hydrogen) atoms. The average molecular weight is 223 g/mol. The molecule has 3 heteroatoms. The fourth-order valence-corrected chi connectivity index (χ4v) is 2.82. The summed E-state index contributed by atoms with van der Waals surface area (Å²) >= 11 is 0. The van der Waals surface area contributed by atoms with E-state index < -0.39 is 0 Å². The van der Waals surface area contributed by atoms with E-state index in [4.69, 9.17) is 5.26 Å². The lowest BCUT2D eigenvalue weighted by Gasteiger charge is -2.36. The molecule has 0 N–H and O–H groups in total. The first-order valence-corrected chi connectivity index (χ1v) is 6.17. The largest absolute Gasteiger partial charge is 0.304 e. The lowest BCUT2D eigenvalue weighted by molar-refractivity contribution is 0.122. The molecule has 0 aromatic heterocycles. The van der Waals surface area contributed by atoms with Gasteiger partial charge in [0.15, 0.2) is 0 Å². The number of rotatable bonds is 2. The fourth-order valence-electron chi connectivity index (χ4n) is 2.82. The van der Waals surface area contributed by atoms with Crippen molar-refractivity contribution >= 4 is 0 Å². The van der Waals surface area contributed by atoms with Gasteiger partial charge in [-0.25, -0.2) is 0 Å². The molecule has 0 spiro atoms. The van der Waals surface area contributed by atoms with Gasteiger partial charge in [0.05, 0.1) is 12.5 Å². The molecule has 92 valence electrons. The molecule has 0 aromatic carbocycles. The molecule has 1 unspecified atom stereocenters. The Balaban J connectivity index is 2.86. The van der Waals surface area contributed by atoms with Crippen LogP contribution in [0.2, 0.25) is 0 Å². The maximum Gasteiger partial charge on any atom is 0.0638 e. The summed E-state index contributed by atoms with van der Waals surface area (Å²) in [6, 6.07) is 3.23. The van der Waals surface area contributed by atoms with Gasteiger partial charge in [-0.1, -0.05) is 13.8 Å². The predicted octanol–water partition coefficient (Wildman–Crippen LogP) is 1.95. The lowest BCUT2D eigenvalue weighted by Crippen LogP contribution is -2.45. The maximum absolute atomic E-state index is 8.93. The molecule has 0 amide bonds. The Bertz CT molecular complexity index is 265. The summed E-state index contributed by atoms with van der Waals surface area (Å²) < 4.78 is 0. The third-order valence-electron chi connectivity index (χ3n) is 3.29. The minimum absolute atomic E-state index is 0.309. The van der Waals surface area contributed by atoms with Crippen LogP contribution in [0, 0.1) is 16.7 Å². The molecule has 0 radical (unpaired) electrons. The molecule has 1 aliphatic rings. The Labute approximate surface area is 100 Å². The van der Waals surface area contributed by atoms with E-state index >= 15 is 0 Å². The van der Waals surface area contributed by atoms with Gasteiger partial charge in [-0.05, 0) is 26.3 Å². The Morgan fingerprint density at radius 3 is 2.50 bits per heavy atom. The van der Waals surface area contributed by atoms with Gasteiger partial charge in [-0.15, -0.1) is 0 Å². The summed E-state index contributed by atoms with van der Waals surface area (Å²) in [6.07, 6.45) is 0.638. The van der Waals surface area contributed by atoms with E-state index in [1.165, 1.54) is 0 Å². The van der Waals surface area contributed by atoms with Crippen molar-refractivity contribution < 1.29 is 0 Å². The normalized spacial score (nSPS) is 27.7. The molecular formula is C13H25N3. The highest BCUT2D eigenvalue weighted by Crippen LogP contribution is 2.26. The molecule has 1 aliphatic heterocycles. The van der Waals surface area contributed by atoms with Crippen molar-refractivity contribution in [2.24, 2.45) is 5.41 Å². The van der Waals surface area contributed by atoms with Crippen molar-refractivity contribution in [2.75, 3.05) is 26.7 Å². The zero-order valence-electron chi connectivity index (χ0n) is 11.3. The number of nitriles is 1. The molecule has 1 saturated heterocycles. The molecule has 0 saturated carbocycles. The van der Waals surface area contributed by atoms with Crippen LogP contribution in [0.3, 0.4) is 0 Å². The second-order valence-corrected chi connectivity index (χ2v) is 6.14. The SMILES string of the molecule is CC(C)N1CC(C)(C)CN(C)CC1CC#N. The first-order chi connectivity index (χ1) is 7.35. The van der Waals surface area contributed by atoms with Crippen LogP contribution in [0.1, 0.15) is 34.1 Å². The van der Waals surface area contributed by atoms with Crippen LogP contribution in [0.4, 0.5) is 0 Å². The van der Waals surface area contributed by atoms with Crippen molar-refractivity contribution in [3.8, 4) is 6.07 Å². The van der Waals surface area contributed by atoms with Crippen LogP contribution >= 0.6 is 0 Å². The molecule has 1 atom stereocenters. The summed E-state index contributed by atoms with van der Waals surface area (Å²) in [6.45, 7) is 12.3. The minimum Gasteiger partial charge on any atom is -0.304 e. The van der Waals surface area contributed by atoms with Gasteiger partial charge in [0.2, 0.25) is 0 Å². The smallest absolute Gasteiger partial charge is 0.0638 e. The molecular weight excluding hydrogens is 198 g/mol. The average Bonchev–Trinajstić information content (AvgIpc) is 2.22. The molecule has 3 nitrogen and oxygen atoms in total. The number of nitrogens with zero attached hydrogens (tertiary/aromatic N) is 3. The number of hydrogen-bond donors (Lipinski definition) is 0. The molecule has 0 aliphatic carbocycles. The lowest BCUT2D eigenvalue weighted by atomic mass is 9.92. The Morgan fingerprint density at radius 1 is 1.38 bits per heavy atom. The van der Waals surface area contributed by atoms with Crippen LogP contribution in [0.25, 0.3) is 0 Å². The van der Waals surface area contributed by atoms with Gasteiger partial charge in [-0.3, -0.25) is 4.90 Å². The topological polar surface area (TPSA) is 30.3 Å². The van der Waals surface area contributed by atoms with E-state index in [0.29, 0.717) is 23.9 Å². The maximum atomic E-state index is 8.93. The van der Waals surface area contributed by atoms with Gasteiger partial charge in [0.1, 0.15) is 0 Å². The van der Waals surface area contributed by atoms with Crippen molar-refractivity contribution in [3.05, 3.63) is 0 Å². The molecule has 1 rings (SSSR count). The monoisotopic (exact) mass is 223 g/mol. The van der Waals surface area contributed by atoms with Crippen molar-refractivity contribution in [3.63, 3.8) is 0 Å². The highest BCUT2D eigenvalue weighted by molar-refractivity contribution is 4.92. The van der Waals surface area contributed by atoms with Crippen molar-refractivity contribution in [1.29, 1.82) is 5.26 Å². The minimum atomic E-state index is 0.309. The summed E-state index contributed by atoms with van der Waals surface area (Å²) in [4.78, 5) is 4.86. The predicted molar refractivity (Wildman–Crippen MR) is 67.1 cm³/mol. The quantitative estimate of drug-likeness (QED) is 0.717. The summed E-state index contributed by atoms with van der Waals surface area (Å²) in [5.74, 6) is 0. The zero-order valence-corrected chi connectivity index (χ0v) is 11.3. The summed E-state index contributed by atoms with van der Waals surface area (Å²) in [5, 5.41) is 8.93. The van der Waals surface area contributed by atoms with Crippen LogP contribution < -0.4 is 0 Å².